The Hall–Kier alpha value is -0.820. The first-order valence-corrected chi connectivity index (χ1v) is 11.4. The molecule has 0 aromatic rings. The van der Waals surface area contributed by atoms with Crippen molar-refractivity contribution in [3.8, 4) is 0 Å². The van der Waals surface area contributed by atoms with Crippen LogP contribution in [0.5, 0.6) is 0 Å². The van der Waals surface area contributed by atoms with Crippen LogP contribution in [-0.4, -0.2) is 43.1 Å². The standard InChI is InChI=1S/C23H32O6/c1-20-7-5-15(24)9-14(20)3-4-16-17-6-8-22(21(17,2)10-18(25)19(16)20)23(29-13-27-22)11-26-12-28-23/h14,16-17,19H,3-13H2,1-2H3/t14-,16-,17+,19-,20-,21-,22+,23+/m0/s1. The monoisotopic (exact) mass is 404 g/mol. The molecule has 0 N–H and O–H groups in total. The summed E-state index contributed by atoms with van der Waals surface area (Å²) < 4.78 is 24.0. The van der Waals surface area contributed by atoms with Gasteiger partial charge >= 0.3 is 0 Å². The van der Waals surface area contributed by atoms with Crippen molar-refractivity contribution in [3.05, 3.63) is 0 Å². The van der Waals surface area contributed by atoms with Gasteiger partial charge < -0.3 is 18.9 Å². The lowest BCUT2D eigenvalue weighted by molar-refractivity contribution is -0.247. The summed E-state index contributed by atoms with van der Waals surface area (Å²) in [4.78, 5) is 25.9. The summed E-state index contributed by atoms with van der Waals surface area (Å²) in [6, 6.07) is 0. The molecule has 6 aliphatic rings. The van der Waals surface area contributed by atoms with E-state index < -0.39 is 11.4 Å². The van der Waals surface area contributed by atoms with E-state index in [1.165, 1.54) is 0 Å². The maximum Gasteiger partial charge on any atom is 0.226 e. The molecule has 6 heteroatoms. The molecule has 0 bridgehead atoms. The predicted molar refractivity (Wildman–Crippen MR) is 102 cm³/mol. The Morgan fingerprint density at radius 2 is 1.79 bits per heavy atom. The summed E-state index contributed by atoms with van der Waals surface area (Å²) in [5.74, 6) is 1.14. The van der Waals surface area contributed by atoms with Crippen LogP contribution in [0, 0.1) is 34.5 Å². The second-order valence-electron chi connectivity index (χ2n) is 11.0. The summed E-state index contributed by atoms with van der Waals surface area (Å²) in [5.41, 5.74) is -0.937. The number of hydrogen-bond donors (Lipinski definition) is 0. The van der Waals surface area contributed by atoms with E-state index in [1.54, 1.807) is 0 Å². The zero-order valence-electron chi connectivity index (χ0n) is 17.5. The summed E-state index contributed by atoms with van der Waals surface area (Å²) in [7, 11) is 0. The van der Waals surface area contributed by atoms with Crippen molar-refractivity contribution in [3.63, 3.8) is 0 Å². The molecule has 0 unspecified atom stereocenters. The van der Waals surface area contributed by atoms with E-state index in [-0.39, 0.29) is 30.3 Å². The van der Waals surface area contributed by atoms with Crippen molar-refractivity contribution in [2.24, 2.45) is 34.5 Å². The number of hydrogen-bond acceptors (Lipinski definition) is 6. The fourth-order valence-corrected chi connectivity index (χ4v) is 8.83. The number of carbonyl (C=O) groups excluding carboxylic acids is 2. The topological polar surface area (TPSA) is 71.1 Å². The molecule has 2 aliphatic heterocycles. The minimum atomic E-state index is -0.873. The molecule has 2 spiro atoms. The fraction of sp³-hybridized carbons (Fsp3) is 0.913. The Bertz CT molecular complexity index is 753. The second-order valence-corrected chi connectivity index (χ2v) is 11.0. The molecule has 0 aromatic carbocycles. The van der Waals surface area contributed by atoms with Crippen LogP contribution in [0.2, 0.25) is 0 Å². The number of rotatable bonds is 0. The van der Waals surface area contributed by atoms with Gasteiger partial charge in [-0.1, -0.05) is 13.8 Å². The van der Waals surface area contributed by atoms with Gasteiger partial charge in [-0.15, -0.1) is 0 Å². The highest BCUT2D eigenvalue weighted by molar-refractivity contribution is 5.86. The van der Waals surface area contributed by atoms with Gasteiger partial charge in [-0.3, -0.25) is 9.59 Å². The molecule has 4 aliphatic carbocycles. The molecule has 0 aromatic heterocycles. The second kappa shape index (κ2) is 5.90. The zero-order valence-corrected chi connectivity index (χ0v) is 17.5. The number of ether oxygens (including phenoxy) is 4. The Kier molecular flexibility index (Phi) is 3.85. The number of Topliss-reactive ketones (excluding diaryl/α,β-unsaturated/α-hetero) is 2. The van der Waals surface area contributed by atoms with Crippen molar-refractivity contribution in [2.45, 2.75) is 76.6 Å². The predicted octanol–water partition coefficient (Wildman–Crippen LogP) is 3.22. The maximum absolute atomic E-state index is 13.8. The normalized spacial score (nSPS) is 56.6. The number of carbonyl (C=O) groups is 2. The molecule has 8 atom stereocenters. The Morgan fingerprint density at radius 3 is 2.59 bits per heavy atom. The summed E-state index contributed by atoms with van der Waals surface area (Å²) in [6.07, 6.45) is 6.71. The largest absolute Gasteiger partial charge is 0.350 e. The van der Waals surface area contributed by atoms with E-state index in [9.17, 15) is 9.59 Å². The lowest BCUT2D eigenvalue weighted by Gasteiger charge is -2.60. The van der Waals surface area contributed by atoms with E-state index in [2.05, 4.69) is 13.8 Å². The summed E-state index contributed by atoms with van der Waals surface area (Å²) in [6.45, 7) is 5.35. The zero-order chi connectivity index (χ0) is 20.1. The van der Waals surface area contributed by atoms with Gasteiger partial charge in [0.1, 0.15) is 23.8 Å². The Morgan fingerprint density at radius 1 is 0.966 bits per heavy atom. The molecule has 160 valence electrons. The molecule has 6 fully saturated rings. The van der Waals surface area contributed by atoms with E-state index in [1.807, 2.05) is 0 Å². The summed E-state index contributed by atoms with van der Waals surface area (Å²) in [5, 5.41) is 0. The third kappa shape index (κ3) is 2.12. The van der Waals surface area contributed by atoms with E-state index >= 15 is 0 Å². The molecule has 6 nitrogen and oxygen atoms in total. The van der Waals surface area contributed by atoms with Crippen LogP contribution in [0.3, 0.4) is 0 Å². The average molecular weight is 405 g/mol. The minimum Gasteiger partial charge on any atom is -0.350 e. The Balaban J connectivity index is 1.39. The molecule has 2 heterocycles. The first-order chi connectivity index (χ1) is 13.9. The SMILES string of the molecule is C[C@]12CCC(=O)C[C@@H]1CC[C@@H]1[C@H]2C(=O)C[C@@]2(C)[C@@H]1CC[C@@]21OCO[C@]12COCO2. The van der Waals surface area contributed by atoms with Gasteiger partial charge in [0.2, 0.25) is 5.79 Å². The van der Waals surface area contributed by atoms with Crippen molar-refractivity contribution in [2.75, 3.05) is 20.2 Å². The van der Waals surface area contributed by atoms with Crippen LogP contribution in [0.15, 0.2) is 0 Å². The summed E-state index contributed by atoms with van der Waals surface area (Å²) >= 11 is 0. The Labute approximate surface area is 172 Å². The molecular weight excluding hydrogens is 372 g/mol. The van der Waals surface area contributed by atoms with Gasteiger partial charge in [0.15, 0.2) is 13.6 Å². The van der Waals surface area contributed by atoms with Gasteiger partial charge in [0.05, 0.1) is 0 Å². The molecule has 0 radical (unpaired) electrons. The van der Waals surface area contributed by atoms with Crippen LogP contribution in [0.1, 0.15) is 65.2 Å². The quantitative estimate of drug-likeness (QED) is 0.617. The highest BCUT2D eigenvalue weighted by atomic mass is 16.9. The van der Waals surface area contributed by atoms with Crippen LogP contribution < -0.4 is 0 Å². The van der Waals surface area contributed by atoms with E-state index in [4.69, 9.17) is 18.9 Å². The van der Waals surface area contributed by atoms with Gasteiger partial charge in [0, 0.05) is 30.6 Å². The molecule has 29 heavy (non-hydrogen) atoms. The number of ketones is 2. The minimum absolute atomic E-state index is 0.0251. The molecule has 6 rings (SSSR count). The molecular formula is C23H32O6. The third-order valence-electron chi connectivity index (χ3n) is 10.2. The van der Waals surface area contributed by atoms with E-state index in [0.29, 0.717) is 55.2 Å². The third-order valence-corrected chi connectivity index (χ3v) is 10.2. The van der Waals surface area contributed by atoms with Crippen LogP contribution >= 0.6 is 0 Å². The number of fused-ring (bicyclic) bond motifs is 7. The van der Waals surface area contributed by atoms with Crippen LogP contribution in [0.25, 0.3) is 0 Å². The van der Waals surface area contributed by atoms with Gasteiger partial charge in [-0.25, -0.2) is 0 Å². The highest BCUT2D eigenvalue weighted by Gasteiger charge is 2.77. The van der Waals surface area contributed by atoms with Crippen molar-refractivity contribution >= 4 is 11.6 Å². The van der Waals surface area contributed by atoms with Crippen molar-refractivity contribution < 1.29 is 28.5 Å². The highest BCUT2D eigenvalue weighted by Crippen LogP contribution is 2.71. The van der Waals surface area contributed by atoms with Crippen LogP contribution in [-0.2, 0) is 28.5 Å². The maximum atomic E-state index is 13.8. The van der Waals surface area contributed by atoms with Crippen LogP contribution in [0.4, 0.5) is 0 Å². The molecule has 4 saturated carbocycles. The average Bonchev–Trinajstić information content (AvgIpc) is 3.37. The van der Waals surface area contributed by atoms with Gasteiger partial charge in [-0.2, -0.15) is 0 Å². The van der Waals surface area contributed by atoms with Gasteiger partial charge in [0.25, 0.3) is 0 Å². The first-order valence-electron chi connectivity index (χ1n) is 11.4. The van der Waals surface area contributed by atoms with Crippen molar-refractivity contribution in [1.29, 1.82) is 0 Å². The lowest BCUT2D eigenvalue weighted by Crippen LogP contribution is -2.66. The molecule has 0 amide bonds. The molecule has 2 saturated heterocycles. The van der Waals surface area contributed by atoms with Crippen molar-refractivity contribution in [1.82, 2.24) is 0 Å². The fourth-order valence-electron chi connectivity index (χ4n) is 8.83. The lowest BCUT2D eigenvalue weighted by atomic mass is 9.43. The van der Waals surface area contributed by atoms with Gasteiger partial charge in [-0.05, 0) is 55.3 Å². The first kappa shape index (κ1) is 18.9. The smallest absolute Gasteiger partial charge is 0.226 e. The van der Waals surface area contributed by atoms with E-state index in [0.717, 1.165) is 32.1 Å².